The Labute approximate surface area is 82.0 Å². The van der Waals surface area contributed by atoms with Crippen LogP contribution in [0, 0.1) is 17.3 Å². The zero-order chi connectivity index (χ0) is 10.1. The lowest BCUT2D eigenvalue weighted by Crippen LogP contribution is -2.35. The van der Waals surface area contributed by atoms with Crippen LogP contribution in [-0.4, -0.2) is 12.3 Å². The van der Waals surface area contributed by atoms with E-state index in [-0.39, 0.29) is 5.41 Å². The number of dihydropyridines is 1. The van der Waals surface area contributed by atoms with Gasteiger partial charge >= 0.3 is 0 Å². The van der Waals surface area contributed by atoms with Crippen molar-refractivity contribution < 1.29 is 0 Å². The monoisotopic (exact) mass is 179 g/mol. The van der Waals surface area contributed by atoms with Gasteiger partial charge in [0.2, 0.25) is 0 Å². The molecule has 1 heterocycles. The second-order valence-corrected chi connectivity index (χ2v) is 5.32. The van der Waals surface area contributed by atoms with Gasteiger partial charge in [0.25, 0.3) is 0 Å². The molecule has 0 saturated carbocycles. The summed E-state index contributed by atoms with van der Waals surface area (Å²) in [7, 11) is 0. The molecule has 0 aromatic heterocycles. The van der Waals surface area contributed by atoms with E-state index in [2.05, 4.69) is 51.8 Å². The van der Waals surface area contributed by atoms with Crippen molar-refractivity contribution in [1.29, 1.82) is 0 Å². The Balaban J connectivity index is 2.83. The van der Waals surface area contributed by atoms with Gasteiger partial charge in [-0.05, 0) is 17.4 Å². The normalized spacial score (nSPS) is 28.5. The second kappa shape index (κ2) is 3.65. The van der Waals surface area contributed by atoms with Gasteiger partial charge in [0.05, 0.1) is 6.04 Å². The summed E-state index contributed by atoms with van der Waals surface area (Å²) in [6.45, 7) is 11.3. The number of allylic oxidation sites excluding steroid dienone is 1. The molecule has 1 nitrogen and oxygen atoms in total. The van der Waals surface area contributed by atoms with Gasteiger partial charge in [-0.1, -0.05) is 40.7 Å². The fourth-order valence-corrected chi connectivity index (χ4v) is 1.91. The summed E-state index contributed by atoms with van der Waals surface area (Å²) in [4.78, 5) is 4.59. The molecule has 1 aliphatic heterocycles. The number of rotatable bonds is 1. The maximum Gasteiger partial charge on any atom is 0.0612 e. The van der Waals surface area contributed by atoms with E-state index in [9.17, 15) is 0 Å². The standard InChI is InChI=1S/C12H21N/c1-9(2)10-7-6-8-13-11(10)12(3,4)5/h6-11H,1-5H3. The highest BCUT2D eigenvalue weighted by molar-refractivity contribution is 5.72. The number of hydrogen-bond acceptors (Lipinski definition) is 1. The van der Waals surface area contributed by atoms with Crippen LogP contribution in [0.3, 0.4) is 0 Å². The molecule has 2 unspecified atom stereocenters. The van der Waals surface area contributed by atoms with E-state index in [0.717, 1.165) is 0 Å². The van der Waals surface area contributed by atoms with E-state index in [1.165, 1.54) is 0 Å². The van der Waals surface area contributed by atoms with Gasteiger partial charge in [-0.3, -0.25) is 4.99 Å². The highest BCUT2D eigenvalue weighted by Gasteiger charge is 2.32. The maximum atomic E-state index is 4.59. The van der Waals surface area contributed by atoms with Crippen molar-refractivity contribution >= 4 is 6.21 Å². The van der Waals surface area contributed by atoms with Crippen molar-refractivity contribution in [2.45, 2.75) is 40.7 Å². The second-order valence-electron chi connectivity index (χ2n) is 5.32. The van der Waals surface area contributed by atoms with E-state index in [1.54, 1.807) is 0 Å². The van der Waals surface area contributed by atoms with Crippen molar-refractivity contribution in [2.75, 3.05) is 0 Å². The quantitative estimate of drug-likeness (QED) is 0.585. The highest BCUT2D eigenvalue weighted by atomic mass is 14.8. The third-order valence-corrected chi connectivity index (χ3v) is 2.69. The molecule has 0 N–H and O–H groups in total. The third kappa shape index (κ3) is 2.43. The first-order chi connectivity index (χ1) is 5.93. The smallest absolute Gasteiger partial charge is 0.0612 e. The molecular weight excluding hydrogens is 158 g/mol. The first kappa shape index (κ1) is 10.5. The summed E-state index contributed by atoms with van der Waals surface area (Å²) in [6, 6.07) is 0.442. The Bertz CT molecular complexity index is 218. The molecule has 13 heavy (non-hydrogen) atoms. The van der Waals surface area contributed by atoms with Crippen molar-refractivity contribution in [3.05, 3.63) is 12.2 Å². The minimum Gasteiger partial charge on any atom is -0.289 e. The van der Waals surface area contributed by atoms with Crippen LogP contribution in [0.25, 0.3) is 0 Å². The van der Waals surface area contributed by atoms with E-state index in [4.69, 9.17) is 0 Å². The largest absolute Gasteiger partial charge is 0.289 e. The predicted octanol–water partition coefficient (Wildman–Crippen LogP) is 3.31. The molecule has 0 aliphatic carbocycles. The van der Waals surface area contributed by atoms with Crippen LogP contribution in [0.5, 0.6) is 0 Å². The molecule has 0 amide bonds. The lowest BCUT2D eigenvalue weighted by molar-refractivity contribution is 0.230. The lowest BCUT2D eigenvalue weighted by Gasteiger charge is -2.36. The fraction of sp³-hybridized carbons (Fsp3) is 0.750. The average Bonchev–Trinajstić information content (AvgIpc) is 2.03. The topological polar surface area (TPSA) is 12.4 Å². The van der Waals surface area contributed by atoms with Crippen LogP contribution in [0.2, 0.25) is 0 Å². The molecule has 0 bridgehead atoms. The van der Waals surface area contributed by atoms with Crippen LogP contribution < -0.4 is 0 Å². The molecule has 0 fully saturated rings. The van der Waals surface area contributed by atoms with Crippen LogP contribution in [0.1, 0.15) is 34.6 Å². The Morgan fingerprint density at radius 3 is 2.23 bits per heavy atom. The van der Waals surface area contributed by atoms with E-state index in [1.807, 2.05) is 6.21 Å². The molecule has 1 rings (SSSR count). The molecule has 1 aliphatic rings. The fourth-order valence-electron chi connectivity index (χ4n) is 1.91. The summed E-state index contributed by atoms with van der Waals surface area (Å²) in [5, 5.41) is 0. The van der Waals surface area contributed by atoms with Crippen LogP contribution in [0.15, 0.2) is 17.1 Å². The van der Waals surface area contributed by atoms with Gasteiger partial charge in [0.15, 0.2) is 0 Å². The van der Waals surface area contributed by atoms with Gasteiger partial charge in [-0.15, -0.1) is 0 Å². The number of aliphatic imine (C=N–C) groups is 1. The summed E-state index contributed by atoms with van der Waals surface area (Å²) in [5.41, 5.74) is 0.274. The Morgan fingerprint density at radius 2 is 1.85 bits per heavy atom. The van der Waals surface area contributed by atoms with Crippen LogP contribution in [-0.2, 0) is 0 Å². The zero-order valence-electron chi connectivity index (χ0n) is 9.41. The summed E-state index contributed by atoms with van der Waals surface area (Å²) in [6.07, 6.45) is 6.31. The van der Waals surface area contributed by atoms with Crippen molar-refractivity contribution in [2.24, 2.45) is 22.2 Å². The predicted molar refractivity (Wildman–Crippen MR) is 59.2 cm³/mol. The van der Waals surface area contributed by atoms with Crippen LogP contribution >= 0.6 is 0 Å². The third-order valence-electron chi connectivity index (χ3n) is 2.69. The molecule has 74 valence electrons. The number of nitrogens with zero attached hydrogens (tertiary/aromatic N) is 1. The van der Waals surface area contributed by atoms with Gasteiger partial charge in [0, 0.05) is 12.1 Å². The maximum absolute atomic E-state index is 4.59. The zero-order valence-corrected chi connectivity index (χ0v) is 9.41. The molecule has 0 radical (unpaired) electrons. The van der Waals surface area contributed by atoms with E-state index in [0.29, 0.717) is 17.9 Å². The number of hydrogen-bond donors (Lipinski definition) is 0. The minimum absolute atomic E-state index is 0.274. The molecule has 0 spiro atoms. The van der Waals surface area contributed by atoms with Crippen molar-refractivity contribution in [3.63, 3.8) is 0 Å². The summed E-state index contributed by atoms with van der Waals surface area (Å²) in [5.74, 6) is 1.28. The van der Waals surface area contributed by atoms with Crippen molar-refractivity contribution in [1.82, 2.24) is 0 Å². The molecule has 2 atom stereocenters. The highest BCUT2D eigenvalue weighted by Crippen LogP contribution is 2.34. The Kier molecular flexibility index (Phi) is 2.94. The lowest BCUT2D eigenvalue weighted by atomic mass is 9.74. The SMILES string of the molecule is CC(C)C1C=CC=NC1C(C)(C)C. The van der Waals surface area contributed by atoms with Gasteiger partial charge in [0.1, 0.15) is 0 Å². The van der Waals surface area contributed by atoms with E-state index < -0.39 is 0 Å². The molecule has 0 aromatic rings. The Hall–Kier alpha value is -0.590. The van der Waals surface area contributed by atoms with Gasteiger partial charge in [-0.25, -0.2) is 0 Å². The molecule has 0 saturated heterocycles. The van der Waals surface area contributed by atoms with Crippen molar-refractivity contribution in [3.8, 4) is 0 Å². The van der Waals surface area contributed by atoms with Gasteiger partial charge < -0.3 is 0 Å². The first-order valence-corrected chi connectivity index (χ1v) is 5.13. The summed E-state index contributed by atoms with van der Waals surface area (Å²) < 4.78 is 0. The molecule has 0 aromatic carbocycles. The molecular formula is C12H21N. The summed E-state index contributed by atoms with van der Waals surface area (Å²) >= 11 is 0. The van der Waals surface area contributed by atoms with Crippen LogP contribution in [0.4, 0.5) is 0 Å². The Morgan fingerprint density at radius 1 is 1.23 bits per heavy atom. The van der Waals surface area contributed by atoms with E-state index >= 15 is 0 Å². The average molecular weight is 179 g/mol. The molecule has 1 heteroatoms. The minimum atomic E-state index is 0.274. The van der Waals surface area contributed by atoms with Gasteiger partial charge in [-0.2, -0.15) is 0 Å². The first-order valence-electron chi connectivity index (χ1n) is 5.13.